The van der Waals surface area contributed by atoms with Crippen LogP contribution in [0.15, 0.2) is 41.6 Å². The number of hydrogen-bond donors (Lipinski definition) is 1. The molecule has 0 bridgehead atoms. The Balaban J connectivity index is 2.28. The summed E-state index contributed by atoms with van der Waals surface area (Å²) in [5.41, 5.74) is 0.548. The first kappa shape index (κ1) is 17.4. The molecular weight excluding hydrogens is 309 g/mol. The van der Waals surface area contributed by atoms with E-state index in [0.29, 0.717) is 5.56 Å². The molecular formula is C14H17BFO5P. The molecule has 0 aliphatic carbocycles. The predicted octanol–water partition coefficient (Wildman–Crippen LogP) is 2.32. The second kappa shape index (κ2) is 7.07. The SMILES string of the molecule is [B]/C(=C\P(=O)(O)OC)[C@H]1O[C@@H](c2ccccc2)[C@H](F)[C@@H]1OC. The zero-order chi connectivity index (χ0) is 16.3. The summed E-state index contributed by atoms with van der Waals surface area (Å²) in [5, 5.41) is 0. The summed E-state index contributed by atoms with van der Waals surface area (Å²) in [6.45, 7) is 0. The van der Waals surface area contributed by atoms with Crippen LogP contribution in [0.3, 0.4) is 0 Å². The minimum atomic E-state index is -3.98. The summed E-state index contributed by atoms with van der Waals surface area (Å²) in [7, 11) is 4.23. The molecule has 5 atom stereocenters. The molecule has 0 spiro atoms. The Morgan fingerprint density at radius 2 is 2.05 bits per heavy atom. The highest BCUT2D eigenvalue weighted by molar-refractivity contribution is 7.56. The average molecular weight is 326 g/mol. The van der Waals surface area contributed by atoms with Crippen molar-refractivity contribution in [1.29, 1.82) is 0 Å². The van der Waals surface area contributed by atoms with Crippen LogP contribution in [0.4, 0.5) is 4.39 Å². The summed E-state index contributed by atoms with van der Waals surface area (Å²) < 4.78 is 41.3. The largest absolute Gasteiger partial charge is 0.375 e. The van der Waals surface area contributed by atoms with Crippen molar-refractivity contribution in [1.82, 2.24) is 0 Å². The van der Waals surface area contributed by atoms with Crippen LogP contribution < -0.4 is 0 Å². The van der Waals surface area contributed by atoms with Gasteiger partial charge in [0.25, 0.3) is 0 Å². The number of methoxy groups -OCH3 is 1. The molecule has 118 valence electrons. The Hall–Kier alpha value is -0.975. The average Bonchev–Trinajstić information content (AvgIpc) is 2.84. The summed E-state index contributed by atoms with van der Waals surface area (Å²) in [6, 6.07) is 8.82. The Kier molecular flexibility index (Phi) is 5.58. The van der Waals surface area contributed by atoms with Crippen LogP contribution in [0.1, 0.15) is 11.7 Å². The highest BCUT2D eigenvalue weighted by Crippen LogP contribution is 2.46. The molecule has 2 radical (unpaired) electrons. The zero-order valence-corrected chi connectivity index (χ0v) is 13.2. The highest BCUT2D eigenvalue weighted by atomic mass is 31.2. The molecule has 1 N–H and O–H groups in total. The van der Waals surface area contributed by atoms with Gasteiger partial charge >= 0.3 is 7.60 Å². The maximum absolute atomic E-state index is 14.6. The van der Waals surface area contributed by atoms with Gasteiger partial charge in [0, 0.05) is 20.0 Å². The minimum absolute atomic E-state index is 0.0967. The molecule has 5 nitrogen and oxygen atoms in total. The van der Waals surface area contributed by atoms with E-state index in [4.69, 9.17) is 17.3 Å². The molecule has 1 aromatic carbocycles. The molecule has 1 fully saturated rings. The van der Waals surface area contributed by atoms with E-state index < -0.39 is 32.1 Å². The van der Waals surface area contributed by atoms with E-state index in [1.807, 2.05) is 6.07 Å². The number of benzene rings is 1. The third-order valence-corrected chi connectivity index (χ3v) is 4.64. The molecule has 0 saturated carbocycles. The van der Waals surface area contributed by atoms with Gasteiger partial charge in [-0.1, -0.05) is 35.8 Å². The van der Waals surface area contributed by atoms with Crippen LogP contribution in [0, 0.1) is 0 Å². The van der Waals surface area contributed by atoms with Crippen molar-refractivity contribution in [2.45, 2.75) is 24.5 Å². The van der Waals surface area contributed by atoms with Crippen LogP contribution in [-0.2, 0) is 18.6 Å². The summed E-state index contributed by atoms with van der Waals surface area (Å²) >= 11 is 0. The predicted molar refractivity (Wildman–Crippen MR) is 80.4 cm³/mol. The number of rotatable bonds is 5. The molecule has 1 saturated heterocycles. The van der Waals surface area contributed by atoms with Gasteiger partial charge in [0.2, 0.25) is 0 Å². The van der Waals surface area contributed by atoms with Gasteiger partial charge in [-0.25, -0.2) is 4.39 Å². The lowest BCUT2D eigenvalue weighted by Crippen LogP contribution is -2.31. The summed E-state index contributed by atoms with van der Waals surface area (Å²) in [6.07, 6.45) is -4.26. The minimum Gasteiger partial charge on any atom is -0.375 e. The smallest absolute Gasteiger partial charge is 0.350 e. The fourth-order valence-electron chi connectivity index (χ4n) is 2.39. The number of ether oxygens (including phenoxy) is 2. The molecule has 1 unspecified atom stereocenters. The second-order valence-electron chi connectivity index (χ2n) is 4.91. The van der Waals surface area contributed by atoms with Gasteiger partial charge in [-0.05, 0) is 5.56 Å². The second-order valence-corrected chi connectivity index (χ2v) is 6.66. The lowest BCUT2D eigenvalue weighted by Gasteiger charge is -2.19. The van der Waals surface area contributed by atoms with Crippen LogP contribution in [0.5, 0.6) is 0 Å². The first-order valence-corrected chi connectivity index (χ1v) is 8.28. The van der Waals surface area contributed by atoms with Crippen molar-refractivity contribution in [3.63, 3.8) is 0 Å². The van der Waals surface area contributed by atoms with Crippen molar-refractivity contribution in [2.24, 2.45) is 0 Å². The summed E-state index contributed by atoms with van der Waals surface area (Å²) in [5.74, 6) is 0.851. The van der Waals surface area contributed by atoms with Crippen LogP contribution in [0.2, 0.25) is 0 Å². The van der Waals surface area contributed by atoms with Gasteiger partial charge in [0.05, 0.1) is 6.10 Å². The first-order chi connectivity index (χ1) is 10.4. The van der Waals surface area contributed by atoms with Crippen molar-refractivity contribution < 1.29 is 27.8 Å². The van der Waals surface area contributed by atoms with Crippen molar-refractivity contribution in [3.8, 4) is 0 Å². The Bertz CT molecular complexity index is 582. The van der Waals surface area contributed by atoms with E-state index in [1.165, 1.54) is 7.11 Å². The standard InChI is InChI=1S/C14H17BFO5P/c1-19-14-11(16)12(9-6-4-3-5-7-9)21-13(14)10(15)8-22(17,18)20-2/h3-8,11-14H,1-2H3,(H,17,18)/b10-8-/t11-,12-,13+,14-/m0/s1. The molecule has 0 aromatic heterocycles. The van der Waals surface area contributed by atoms with Gasteiger partial charge < -0.3 is 18.9 Å². The van der Waals surface area contributed by atoms with Crippen molar-refractivity contribution in [3.05, 3.63) is 47.2 Å². The van der Waals surface area contributed by atoms with E-state index in [2.05, 4.69) is 4.52 Å². The third kappa shape index (κ3) is 3.67. The molecule has 1 heterocycles. The number of hydrogen-bond acceptors (Lipinski definition) is 4. The molecule has 22 heavy (non-hydrogen) atoms. The number of alkyl halides is 1. The molecule has 0 amide bonds. The van der Waals surface area contributed by atoms with E-state index in [0.717, 1.165) is 12.9 Å². The topological polar surface area (TPSA) is 65.0 Å². The molecule has 8 heteroatoms. The van der Waals surface area contributed by atoms with Gasteiger partial charge in [0.15, 0.2) is 6.17 Å². The quantitative estimate of drug-likeness (QED) is 0.664. The maximum Gasteiger partial charge on any atom is 0.350 e. The van der Waals surface area contributed by atoms with E-state index in [1.54, 1.807) is 24.3 Å². The van der Waals surface area contributed by atoms with E-state index in [-0.39, 0.29) is 5.47 Å². The van der Waals surface area contributed by atoms with Crippen LogP contribution in [0.25, 0.3) is 0 Å². The maximum atomic E-state index is 14.6. The first-order valence-electron chi connectivity index (χ1n) is 6.63. The van der Waals surface area contributed by atoms with Crippen LogP contribution >= 0.6 is 7.60 Å². The molecule has 1 aliphatic rings. The van der Waals surface area contributed by atoms with Gasteiger partial charge in [-0.3, -0.25) is 4.57 Å². The van der Waals surface area contributed by atoms with Gasteiger partial charge in [0.1, 0.15) is 20.1 Å². The third-order valence-electron chi connectivity index (χ3n) is 3.50. The normalized spacial score (nSPS) is 31.9. The Morgan fingerprint density at radius 1 is 1.41 bits per heavy atom. The summed E-state index contributed by atoms with van der Waals surface area (Å²) in [4.78, 5) is 9.45. The number of halogens is 1. The van der Waals surface area contributed by atoms with E-state index >= 15 is 0 Å². The van der Waals surface area contributed by atoms with E-state index in [9.17, 15) is 13.8 Å². The monoisotopic (exact) mass is 326 g/mol. The van der Waals surface area contributed by atoms with Crippen LogP contribution in [-0.4, -0.2) is 45.3 Å². The lowest BCUT2D eigenvalue weighted by atomic mass is 9.88. The van der Waals surface area contributed by atoms with Gasteiger partial charge in [-0.15, -0.1) is 0 Å². The fourth-order valence-corrected chi connectivity index (χ4v) is 3.02. The Labute approximate surface area is 130 Å². The van der Waals surface area contributed by atoms with Crippen molar-refractivity contribution >= 4 is 15.4 Å². The molecule has 1 aromatic rings. The zero-order valence-electron chi connectivity index (χ0n) is 12.3. The molecule has 1 aliphatic heterocycles. The lowest BCUT2D eigenvalue weighted by molar-refractivity contribution is 0.0180. The molecule has 2 rings (SSSR count). The van der Waals surface area contributed by atoms with Gasteiger partial charge in [-0.2, -0.15) is 0 Å². The van der Waals surface area contributed by atoms with Crippen molar-refractivity contribution in [2.75, 3.05) is 14.2 Å². The fraction of sp³-hybridized carbons (Fsp3) is 0.429. The Morgan fingerprint density at radius 3 is 2.59 bits per heavy atom. The highest BCUT2D eigenvalue weighted by Gasteiger charge is 2.46.